The second-order valence-electron chi connectivity index (χ2n) is 5.79. The first-order valence-corrected chi connectivity index (χ1v) is 7.38. The lowest BCUT2D eigenvalue weighted by atomic mass is 10.1. The van der Waals surface area contributed by atoms with E-state index in [0.29, 0.717) is 0 Å². The fraction of sp³-hybridized carbons (Fsp3) is 0.857. The van der Waals surface area contributed by atoms with Crippen LogP contribution in [0.2, 0.25) is 0 Å². The van der Waals surface area contributed by atoms with Gasteiger partial charge in [0.15, 0.2) is 6.61 Å². The number of rotatable bonds is 11. The molecule has 0 saturated heterocycles. The zero-order valence-electron chi connectivity index (χ0n) is 13.8. The molecule has 0 aromatic heterocycles. The van der Waals surface area contributed by atoms with Gasteiger partial charge in [0.2, 0.25) is 0 Å². The molecule has 26 heavy (non-hydrogen) atoms. The zero-order valence-corrected chi connectivity index (χ0v) is 13.8. The minimum atomic E-state index is -6.44. The van der Waals surface area contributed by atoms with Crippen LogP contribution in [-0.2, 0) is 19.1 Å². The highest BCUT2D eigenvalue weighted by Gasteiger charge is 2.75. The Bertz CT molecular complexity index is 480. The minimum absolute atomic E-state index is 0.0548. The molecule has 0 aromatic rings. The van der Waals surface area contributed by atoms with Crippen molar-refractivity contribution in [3.05, 3.63) is 0 Å². The SMILES string of the molecule is CC(C)COC(=O)CCCC(=O)OCC(F)(F)C(F)(F)C(F)(F)C(F)F. The first kappa shape index (κ1) is 24.4. The average molecular weight is 402 g/mol. The van der Waals surface area contributed by atoms with Crippen LogP contribution in [-0.4, -0.2) is 49.3 Å². The zero-order chi connectivity index (χ0) is 20.8. The molecule has 0 spiro atoms. The highest BCUT2D eigenvalue weighted by Crippen LogP contribution is 2.48. The van der Waals surface area contributed by atoms with Crippen LogP contribution in [0.3, 0.4) is 0 Å². The summed E-state index contributed by atoms with van der Waals surface area (Å²) in [5.41, 5.74) is 0. The van der Waals surface area contributed by atoms with Gasteiger partial charge in [-0.05, 0) is 12.3 Å². The van der Waals surface area contributed by atoms with E-state index in [1.54, 1.807) is 13.8 Å². The molecule has 4 nitrogen and oxygen atoms in total. The van der Waals surface area contributed by atoms with Crippen molar-refractivity contribution in [1.82, 2.24) is 0 Å². The fourth-order valence-corrected chi connectivity index (χ4v) is 1.42. The Morgan fingerprint density at radius 3 is 1.77 bits per heavy atom. The molecule has 0 aliphatic rings. The van der Waals surface area contributed by atoms with E-state index in [2.05, 4.69) is 4.74 Å². The summed E-state index contributed by atoms with van der Waals surface area (Å²) in [7, 11) is 0. The lowest BCUT2D eigenvalue weighted by Crippen LogP contribution is -2.59. The summed E-state index contributed by atoms with van der Waals surface area (Å²) in [6.07, 6.45) is -6.23. The highest BCUT2D eigenvalue weighted by molar-refractivity contribution is 5.72. The number of carbonyl (C=O) groups excluding carboxylic acids is 2. The number of esters is 2. The van der Waals surface area contributed by atoms with Crippen molar-refractivity contribution in [3.8, 4) is 0 Å². The summed E-state index contributed by atoms with van der Waals surface area (Å²) >= 11 is 0. The Kier molecular flexibility index (Phi) is 8.77. The summed E-state index contributed by atoms with van der Waals surface area (Å²) in [6.45, 7) is 1.12. The molecule has 0 heterocycles. The predicted octanol–water partition coefficient (Wildman–Crippen LogP) is 4.07. The Morgan fingerprint density at radius 1 is 0.885 bits per heavy atom. The molecular formula is C14H18F8O4. The quantitative estimate of drug-likeness (QED) is 0.386. The second kappa shape index (κ2) is 9.36. The molecule has 0 aliphatic heterocycles. The van der Waals surface area contributed by atoms with Crippen LogP contribution in [0.5, 0.6) is 0 Å². The van der Waals surface area contributed by atoms with E-state index in [0.717, 1.165) is 0 Å². The first-order chi connectivity index (χ1) is 11.6. The third-order valence-electron chi connectivity index (χ3n) is 2.91. The van der Waals surface area contributed by atoms with Crippen molar-refractivity contribution >= 4 is 11.9 Å². The monoisotopic (exact) mass is 402 g/mol. The standard InChI is InChI=1S/C14H18F8O4/c1-8(2)6-25-9(23)4-3-5-10(24)26-7-12(17,18)14(21,22)13(19,20)11(15)16/h8,11H,3-7H2,1-2H3. The predicted molar refractivity (Wildman–Crippen MR) is 71.5 cm³/mol. The normalized spacial score (nSPS) is 13.2. The number of hydrogen-bond donors (Lipinski definition) is 0. The molecular weight excluding hydrogens is 384 g/mol. The van der Waals surface area contributed by atoms with E-state index < -0.39 is 49.2 Å². The number of ether oxygens (including phenoxy) is 2. The maximum Gasteiger partial charge on any atom is 0.381 e. The van der Waals surface area contributed by atoms with Gasteiger partial charge in [-0.15, -0.1) is 0 Å². The third-order valence-corrected chi connectivity index (χ3v) is 2.91. The van der Waals surface area contributed by atoms with Crippen molar-refractivity contribution in [2.24, 2.45) is 5.92 Å². The summed E-state index contributed by atoms with van der Waals surface area (Å²) in [6, 6.07) is 0. The van der Waals surface area contributed by atoms with E-state index in [9.17, 15) is 44.7 Å². The first-order valence-electron chi connectivity index (χ1n) is 7.38. The molecule has 0 unspecified atom stereocenters. The van der Waals surface area contributed by atoms with Gasteiger partial charge in [-0.3, -0.25) is 9.59 Å². The summed E-state index contributed by atoms with van der Waals surface area (Å²) < 4.78 is 110. The van der Waals surface area contributed by atoms with E-state index in [1.165, 1.54) is 0 Å². The van der Waals surface area contributed by atoms with Gasteiger partial charge in [0.25, 0.3) is 0 Å². The maximum atomic E-state index is 13.1. The molecule has 0 amide bonds. The number of halogens is 8. The fourth-order valence-electron chi connectivity index (χ4n) is 1.42. The Hall–Kier alpha value is -1.62. The molecule has 0 rings (SSSR count). The molecule has 154 valence electrons. The average Bonchev–Trinajstić information content (AvgIpc) is 2.50. The van der Waals surface area contributed by atoms with Crippen LogP contribution in [0, 0.1) is 5.92 Å². The van der Waals surface area contributed by atoms with Crippen molar-refractivity contribution in [2.75, 3.05) is 13.2 Å². The molecule has 0 saturated carbocycles. The van der Waals surface area contributed by atoms with Crippen molar-refractivity contribution in [3.63, 3.8) is 0 Å². The molecule has 0 radical (unpaired) electrons. The van der Waals surface area contributed by atoms with Gasteiger partial charge in [0.1, 0.15) is 0 Å². The molecule has 0 atom stereocenters. The van der Waals surface area contributed by atoms with Gasteiger partial charge in [-0.1, -0.05) is 13.8 Å². The van der Waals surface area contributed by atoms with Gasteiger partial charge in [0.05, 0.1) is 6.61 Å². The van der Waals surface area contributed by atoms with Gasteiger partial charge < -0.3 is 9.47 Å². The lowest BCUT2D eigenvalue weighted by Gasteiger charge is -2.31. The largest absolute Gasteiger partial charge is 0.465 e. The van der Waals surface area contributed by atoms with Gasteiger partial charge in [-0.2, -0.15) is 26.3 Å². The molecule has 0 N–H and O–H groups in total. The van der Waals surface area contributed by atoms with E-state index in [1.807, 2.05) is 0 Å². The van der Waals surface area contributed by atoms with Crippen LogP contribution >= 0.6 is 0 Å². The Morgan fingerprint density at radius 2 is 1.35 bits per heavy atom. The van der Waals surface area contributed by atoms with Gasteiger partial charge >= 0.3 is 36.1 Å². The smallest absolute Gasteiger partial charge is 0.381 e. The molecule has 0 aromatic carbocycles. The van der Waals surface area contributed by atoms with Crippen LogP contribution in [0.1, 0.15) is 33.1 Å². The third kappa shape index (κ3) is 6.60. The number of carbonyl (C=O) groups is 2. The van der Waals surface area contributed by atoms with Crippen LogP contribution in [0.25, 0.3) is 0 Å². The van der Waals surface area contributed by atoms with Crippen LogP contribution in [0.15, 0.2) is 0 Å². The summed E-state index contributed by atoms with van der Waals surface area (Å²) in [4.78, 5) is 22.4. The molecule has 0 fully saturated rings. The Balaban J connectivity index is 4.46. The molecule has 0 bridgehead atoms. The number of alkyl halides is 8. The van der Waals surface area contributed by atoms with Crippen molar-refractivity contribution in [1.29, 1.82) is 0 Å². The van der Waals surface area contributed by atoms with Crippen LogP contribution < -0.4 is 0 Å². The summed E-state index contributed by atoms with van der Waals surface area (Å²) in [5, 5.41) is 0. The second-order valence-corrected chi connectivity index (χ2v) is 5.79. The molecule has 0 aliphatic carbocycles. The topological polar surface area (TPSA) is 52.6 Å². The van der Waals surface area contributed by atoms with E-state index in [4.69, 9.17) is 4.74 Å². The highest BCUT2D eigenvalue weighted by atomic mass is 19.4. The van der Waals surface area contributed by atoms with Crippen molar-refractivity contribution < 1.29 is 54.2 Å². The van der Waals surface area contributed by atoms with Crippen LogP contribution in [0.4, 0.5) is 35.1 Å². The Labute approximate surface area is 143 Å². The maximum absolute atomic E-state index is 13.1. The summed E-state index contributed by atoms with van der Waals surface area (Å²) in [5.74, 6) is -20.6. The lowest BCUT2D eigenvalue weighted by molar-refractivity contribution is -0.344. The van der Waals surface area contributed by atoms with Gasteiger partial charge in [-0.25, -0.2) is 8.78 Å². The van der Waals surface area contributed by atoms with E-state index in [-0.39, 0.29) is 25.4 Å². The minimum Gasteiger partial charge on any atom is -0.465 e. The van der Waals surface area contributed by atoms with Crippen molar-refractivity contribution in [2.45, 2.75) is 57.3 Å². The molecule has 12 heteroatoms. The van der Waals surface area contributed by atoms with E-state index >= 15 is 0 Å². The van der Waals surface area contributed by atoms with Gasteiger partial charge in [0, 0.05) is 12.8 Å². The number of hydrogen-bond acceptors (Lipinski definition) is 4.